The summed E-state index contributed by atoms with van der Waals surface area (Å²) in [5.74, 6) is -0.655. The van der Waals surface area contributed by atoms with Crippen molar-refractivity contribution in [2.24, 2.45) is 5.10 Å². The minimum absolute atomic E-state index is 0.0710. The number of aryl methyl sites for hydroxylation is 1. The molecule has 47 heavy (non-hydrogen) atoms. The number of nitro benzene ring substituents is 1. The summed E-state index contributed by atoms with van der Waals surface area (Å²) in [5.41, 5.74) is 1.86. The van der Waals surface area contributed by atoms with Gasteiger partial charge in [0.2, 0.25) is 5.75 Å². The summed E-state index contributed by atoms with van der Waals surface area (Å²) in [5, 5.41) is 19.2. The molecule has 0 aliphatic heterocycles. The second-order valence-electron chi connectivity index (χ2n) is 10.8. The summed E-state index contributed by atoms with van der Waals surface area (Å²) in [7, 11) is 1.59. The average Bonchev–Trinajstić information content (AvgIpc) is 3.04. The fourth-order valence-electron chi connectivity index (χ4n) is 4.97. The Morgan fingerprint density at radius 2 is 1.87 bits per heavy atom. The van der Waals surface area contributed by atoms with Crippen LogP contribution in [-0.4, -0.2) is 40.4 Å². The lowest BCUT2D eigenvalue weighted by Crippen LogP contribution is -2.22. The molecule has 1 amide bonds. The molecule has 4 aromatic carbocycles. The number of hydrogen-bond donors (Lipinski definition) is 1. The Morgan fingerprint density at radius 3 is 2.57 bits per heavy atom. The van der Waals surface area contributed by atoms with Crippen molar-refractivity contribution in [3.05, 3.63) is 120 Å². The van der Waals surface area contributed by atoms with Crippen molar-refractivity contribution in [2.45, 2.75) is 26.7 Å². The van der Waals surface area contributed by atoms with Crippen LogP contribution < -0.4 is 20.3 Å². The first kappa shape index (κ1) is 32.9. The number of amides is 1. The standard InChI is InChI=1S/C34H29BrFN5O6/c1-19(2)24-16-25(20(3)13-30(24)46-4)33-39-27-11-7-5-9-23(27)34(43)40(33)37-17-21-14-22(35)15-29(41(44)45)32(21)47-18-31(42)38-28-12-8-6-10-26(28)36/h5-17,19H,18H2,1-4H3,(H,38,42). The highest BCUT2D eigenvalue weighted by molar-refractivity contribution is 9.10. The minimum Gasteiger partial charge on any atom is -0.496 e. The number of methoxy groups -OCH3 is 1. The van der Waals surface area contributed by atoms with Gasteiger partial charge in [-0.25, -0.2) is 9.37 Å². The smallest absolute Gasteiger partial charge is 0.312 e. The third kappa shape index (κ3) is 7.04. The minimum atomic E-state index is -0.747. The Labute approximate surface area is 277 Å². The molecule has 0 fully saturated rings. The van der Waals surface area contributed by atoms with Crippen LogP contribution in [0.3, 0.4) is 0 Å². The second-order valence-corrected chi connectivity index (χ2v) is 11.7. The van der Waals surface area contributed by atoms with Crippen molar-refractivity contribution < 1.29 is 23.6 Å². The van der Waals surface area contributed by atoms with E-state index in [1.165, 1.54) is 36.5 Å². The van der Waals surface area contributed by atoms with E-state index in [0.717, 1.165) is 15.8 Å². The normalized spacial score (nSPS) is 11.3. The van der Waals surface area contributed by atoms with E-state index in [4.69, 9.17) is 14.5 Å². The molecular formula is C34H29BrFN5O6. The first-order chi connectivity index (χ1) is 22.5. The average molecular weight is 703 g/mol. The van der Waals surface area contributed by atoms with E-state index in [2.05, 4.69) is 26.3 Å². The zero-order valence-electron chi connectivity index (χ0n) is 25.8. The number of para-hydroxylation sites is 2. The van der Waals surface area contributed by atoms with Crippen molar-refractivity contribution in [1.29, 1.82) is 0 Å². The van der Waals surface area contributed by atoms with E-state index >= 15 is 0 Å². The summed E-state index contributed by atoms with van der Waals surface area (Å²) in [6, 6.07) is 18.9. The van der Waals surface area contributed by atoms with Crippen LogP contribution in [0.25, 0.3) is 22.3 Å². The van der Waals surface area contributed by atoms with E-state index in [-0.39, 0.29) is 28.7 Å². The Morgan fingerprint density at radius 1 is 1.15 bits per heavy atom. The molecule has 0 atom stereocenters. The summed E-state index contributed by atoms with van der Waals surface area (Å²) in [6.45, 7) is 5.24. The SMILES string of the molecule is COc1cc(C)c(-c2nc3ccccc3c(=O)n2N=Cc2cc(Br)cc([N+](=O)[O-])c2OCC(=O)Nc2ccccc2F)cc1C(C)C. The van der Waals surface area contributed by atoms with Gasteiger partial charge in [0.1, 0.15) is 11.6 Å². The molecule has 0 bridgehead atoms. The molecule has 5 aromatic rings. The molecule has 11 nitrogen and oxygen atoms in total. The molecule has 1 aromatic heterocycles. The predicted molar refractivity (Wildman–Crippen MR) is 181 cm³/mol. The number of fused-ring (bicyclic) bond motifs is 1. The zero-order chi connectivity index (χ0) is 33.8. The summed E-state index contributed by atoms with van der Waals surface area (Å²) < 4.78 is 26.8. The van der Waals surface area contributed by atoms with E-state index in [9.17, 15) is 24.1 Å². The van der Waals surface area contributed by atoms with E-state index in [1.807, 2.05) is 32.9 Å². The van der Waals surface area contributed by atoms with Gasteiger partial charge in [-0.05, 0) is 66.4 Å². The van der Waals surface area contributed by atoms with Crippen LogP contribution in [0.2, 0.25) is 0 Å². The van der Waals surface area contributed by atoms with Gasteiger partial charge in [0.15, 0.2) is 12.4 Å². The van der Waals surface area contributed by atoms with Gasteiger partial charge < -0.3 is 14.8 Å². The van der Waals surface area contributed by atoms with Crippen LogP contribution in [0.4, 0.5) is 15.8 Å². The van der Waals surface area contributed by atoms with Crippen LogP contribution in [0, 0.1) is 22.9 Å². The van der Waals surface area contributed by atoms with Crippen molar-refractivity contribution in [3.63, 3.8) is 0 Å². The molecule has 0 aliphatic carbocycles. The van der Waals surface area contributed by atoms with Gasteiger partial charge in [0.25, 0.3) is 11.5 Å². The molecule has 0 saturated carbocycles. The van der Waals surface area contributed by atoms with Crippen LogP contribution in [0.5, 0.6) is 11.5 Å². The van der Waals surface area contributed by atoms with Crippen molar-refractivity contribution in [1.82, 2.24) is 9.66 Å². The molecule has 0 radical (unpaired) electrons. The van der Waals surface area contributed by atoms with Crippen LogP contribution in [-0.2, 0) is 4.79 Å². The summed E-state index contributed by atoms with van der Waals surface area (Å²) in [6.07, 6.45) is 1.23. The van der Waals surface area contributed by atoms with E-state index in [0.29, 0.717) is 26.7 Å². The number of carbonyl (C=O) groups is 1. The van der Waals surface area contributed by atoms with E-state index < -0.39 is 34.5 Å². The maximum Gasteiger partial charge on any atom is 0.312 e. The Kier molecular flexibility index (Phi) is 9.75. The Hall–Kier alpha value is -5.43. The number of nitrogens with zero attached hydrogens (tertiary/aromatic N) is 4. The number of aromatic nitrogens is 2. The van der Waals surface area contributed by atoms with Crippen LogP contribution in [0.1, 0.15) is 36.5 Å². The lowest BCUT2D eigenvalue weighted by atomic mass is 9.96. The Bertz CT molecular complexity index is 2110. The molecule has 1 N–H and O–H groups in total. The number of nitrogens with one attached hydrogen (secondary N) is 1. The highest BCUT2D eigenvalue weighted by Crippen LogP contribution is 2.36. The maximum absolute atomic E-state index is 14.1. The molecule has 13 heteroatoms. The monoisotopic (exact) mass is 701 g/mol. The highest BCUT2D eigenvalue weighted by Gasteiger charge is 2.23. The third-order valence-electron chi connectivity index (χ3n) is 7.26. The fourth-order valence-corrected chi connectivity index (χ4v) is 5.43. The van der Waals surface area contributed by atoms with Crippen LogP contribution in [0.15, 0.2) is 87.2 Å². The molecule has 240 valence electrons. The van der Waals surface area contributed by atoms with Gasteiger partial charge in [0.05, 0.1) is 34.8 Å². The molecule has 0 spiro atoms. The van der Waals surface area contributed by atoms with Gasteiger partial charge in [-0.15, -0.1) is 0 Å². The fraction of sp³-hybridized carbons (Fsp3) is 0.176. The lowest BCUT2D eigenvalue weighted by Gasteiger charge is -2.17. The molecule has 1 heterocycles. The topological polar surface area (TPSA) is 138 Å². The zero-order valence-corrected chi connectivity index (χ0v) is 27.4. The number of nitro groups is 1. The predicted octanol–water partition coefficient (Wildman–Crippen LogP) is 7.21. The summed E-state index contributed by atoms with van der Waals surface area (Å²) in [4.78, 5) is 42.7. The molecule has 0 unspecified atom stereocenters. The van der Waals surface area contributed by atoms with Crippen molar-refractivity contribution in [2.75, 3.05) is 19.0 Å². The molecule has 0 aliphatic rings. The quantitative estimate of drug-likeness (QED) is 0.0922. The number of ether oxygens (including phenoxy) is 2. The van der Waals surface area contributed by atoms with Gasteiger partial charge in [-0.2, -0.15) is 9.78 Å². The first-order valence-corrected chi connectivity index (χ1v) is 15.2. The van der Waals surface area contributed by atoms with Gasteiger partial charge >= 0.3 is 5.69 Å². The highest BCUT2D eigenvalue weighted by atomic mass is 79.9. The molecule has 5 rings (SSSR count). The number of carbonyl (C=O) groups excluding carboxylic acids is 1. The second kappa shape index (κ2) is 13.9. The first-order valence-electron chi connectivity index (χ1n) is 14.4. The largest absolute Gasteiger partial charge is 0.496 e. The van der Waals surface area contributed by atoms with Gasteiger partial charge in [-0.3, -0.25) is 19.7 Å². The van der Waals surface area contributed by atoms with Crippen molar-refractivity contribution in [3.8, 4) is 22.9 Å². The molecule has 0 saturated heterocycles. The third-order valence-corrected chi connectivity index (χ3v) is 7.72. The number of hydrogen-bond acceptors (Lipinski definition) is 8. The molecular weight excluding hydrogens is 673 g/mol. The summed E-state index contributed by atoms with van der Waals surface area (Å²) >= 11 is 3.28. The number of rotatable bonds is 10. The lowest BCUT2D eigenvalue weighted by molar-refractivity contribution is -0.385. The van der Waals surface area contributed by atoms with Crippen molar-refractivity contribution >= 4 is 50.3 Å². The van der Waals surface area contributed by atoms with E-state index in [1.54, 1.807) is 37.4 Å². The maximum atomic E-state index is 14.1. The van der Waals surface area contributed by atoms with Gasteiger partial charge in [-0.1, -0.05) is 54.0 Å². The number of halogens is 2. The van der Waals surface area contributed by atoms with Gasteiger partial charge in [0, 0.05) is 21.7 Å². The number of benzene rings is 4. The Balaban J connectivity index is 1.62. The van der Waals surface area contributed by atoms with Crippen LogP contribution >= 0.6 is 15.9 Å². The number of anilines is 1.